The number of halogens is 1. The van der Waals surface area contributed by atoms with Gasteiger partial charge in [-0.2, -0.15) is 5.26 Å². The SMILES string of the molecule is CCOC(=O)c1ccc(F)c(-n2cc(C#N)c(N)c2C(=O)OC)c1. The Balaban J connectivity index is 2.68. The summed E-state index contributed by atoms with van der Waals surface area (Å²) >= 11 is 0. The Morgan fingerprint density at radius 1 is 1.38 bits per heavy atom. The van der Waals surface area contributed by atoms with Gasteiger partial charge in [-0.25, -0.2) is 14.0 Å². The maximum absolute atomic E-state index is 14.2. The van der Waals surface area contributed by atoms with Crippen LogP contribution in [0.3, 0.4) is 0 Å². The smallest absolute Gasteiger partial charge is 0.357 e. The normalized spacial score (nSPS) is 10.1. The van der Waals surface area contributed by atoms with Crippen LogP contribution in [-0.2, 0) is 9.47 Å². The highest BCUT2D eigenvalue weighted by Crippen LogP contribution is 2.26. The minimum atomic E-state index is -0.838. The van der Waals surface area contributed by atoms with Crippen LogP contribution in [0, 0.1) is 17.1 Å². The molecule has 124 valence electrons. The Kier molecular flexibility index (Phi) is 4.84. The predicted molar refractivity (Wildman–Crippen MR) is 82.2 cm³/mol. The number of hydrogen-bond acceptors (Lipinski definition) is 6. The van der Waals surface area contributed by atoms with Crippen molar-refractivity contribution in [1.29, 1.82) is 5.26 Å². The van der Waals surface area contributed by atoms with E-state index in [9.17, 15) is 14.0 Å². The van der Waals surface area contributed by atoms with Gasteiger partial charge >= 0.3 is 11.9 Å². The van der Waals surface area contributed by atoms with E-state index in [1.54, 1.807) is 6.92 Å². The van der Waals surface area contributed by atoms with Crippen LogP contribution in [0.5, 0.6) is 0 Å². The van der Waals surface area contributed by atoms with Crippen molar-refractivity contribution < 1.29 is 23.5 Å². The minimum Gasteiger partial charge on any atom is -0.464 e. The van der Waals surface area contributed by atoms with Gasteiger partial charge in [-0.05, 0) is 25.1 Å². The van der Waals surface area contributed by atoms with Crippen LogP contribution in [-0.4, -0.2) is 30.2 Å². The van der Waals surface area contributed by atoms with Crippen molar-refractivity contribution in [2.45, 2.75) is 6.92 Å². The molecule has 7 nitrogen and oxygen atoms in total. The monoisotopic (exact) mass is 331 g/mol. The lowest BCUT2D eigenvalue weighted by atomic mass is 10.2. The number of esters is 2. The number of methoxy groups -OCH3 is 1. The summed E-state index contributed by atoms with van der Waals surface area (Å²) in [6.45, 7) is 1.80. The summed E-state index contributed by atoms with van der Waals surface area (Å²) in [4.78, 5) is 23.8. The number of benzene rings is 1. The van der Waals surface area contributed by atoms with Crippen LogP contribution < -0.4 is 5.73 Å². The van der Waals surface area contributed by atoms with E-state index in [4.69, 9.17) is 15.7 Å². The molecule has 0 aliphatic carbocycles. The van der Waals surface area contributed by atoms with E-state index >= 15 is 0 Å². The molecular formula is C16H14FN3O4. The molecule has 2 N–H and O–H groups in total. The van der Waals surface area contributed by atoms with Crippen molar-refractivity contribution >= 4 is 17.6 Å². The molecule has 0 bridgehead atoms. The number of nitrogens with zero attached hydrogens (tertiary/aromatic N) is 2. The molecule has 0 radical (unpaired) electrons. The molecule has 0 spiro atoms. The Labute approximate surface area is 137 Å². The lowest BCUT2D eigenvalue weighted by molar-refractivity contribution is 0.0525. The second-order valence-corrected chi connectivity index (χ2v) is 4.67. The van der Waals surface area contributed by atoms with E-state index in [0.717, 1.165) is 17.7 Å². The van der Waals surface area contributed by atoms with Crippen molar-refractivity contribution in [3.8, 4) is 11.8 Å². The van der Waals surface area contributed by atoms with Gasteiger partial charge in [-0.1, -0.05) is 0 Å². The molecule has 0 fully saturated rings. The molecule has 0 aliphatic heterocycles. The largest absolute Gasteiger partial charge is 0.464 e. The number of rotatable bonds is 4. The Hall–Kier alpha value is -3.34. The van der Waals surface area contributed by atoms with Crippen molar-refractivity contribution in [3.05, 3.63) is 47.0 Å². The molecule has 0 atom stereocenters. The fourth-order valence-corrected chi connectivity index (χ4v) is 2.14. The average Bonchev–Trinajstić information content (AvgIpc) is 2.91. The van der Waals surface area contributed by atoms with Crippen LogP contribution in [0.4, 0.5) is 10.1 Å². The number of nitrogens with two attached hydrogens (primary N) is 1. The third kappa shape index (κ3) is 2.92. The standard InChI is InChI=1S/C16H14FN3O4/c1-3-24-15(21)9-4-5-11(17)12(6-9)20-8-10(7-18)13(19)14(20)16(22)23-2/h4-6,8H,3,19H2,1-2H3. The molecule has 24 heavy (non-hydrogen) atoms. The van der Waals surface area contributed by atoms with Gasteiger partial charge < -0.3 is 19.8 Å². The maximum Gasteiger partial charge on any atom is 0.357 e. The summed E-state index contributed by atoms with van der Waals surface area (Å²) in [6, 6.07) is 5.34. The molecule has 0 saturated carbocycles. The van der Waals surface area contributed by atoms with Crippen LogP contribution in [0.25, 0.3) is 5.69 Å². The molecule has 0 aliphatic rings. The van der Waals surface area contributed by atoms with Gasteiger partial charge in [0.2, 0.25) is 0 Å². The van der Waals surface area contributed by atoms with Gasteiger partial charge in [0.05, 0.1) is 36.2 Å². The van der Waals surface area contributed by atoms with E-state index in [1.165, 1.54) is 18.3 Å². The fourth-order valence-electron chi connectivity index (χ4n) is 2.14. The molecule has 0 amide bonds. The highest BCUT2D eigenvalue weighted by atomic mass is 19.1. The van der Waals surface area contributed by atoms with Gasteiger partial charge in [0.15, 0.2) is 5.69 Å². The first-order chi connectivity index (χ1) is 11.4. The quantitative estimate of drug-likeness (QED) is 0.859. The number of hydrogen-bond donors (Lipinski definition) is 1. The van der Waals surface area contributed by atoms with E-state index in [0.29, 0.717) is 0 Å². The molecule has 2 rings (SSSR count). The number of nitriles is 1. The van der Waals surface area contributed by atoms with Gasteiger partial charge in [-0.3, -0.25) is 0 Å². The van der Waals surface area contributed by atoms with E-state index in [-0.39, 0.29) is 34.8 Å². The Morgan fingerprint density at radius 2 is 2.08 bits per heavy atom. The van der Waals surface area contributed by atoms with Crippen LogP contribution in [0.15, 0.2) is 24.4 Å². The van der Waals surface area contributed by atoms with Crippen molar-refractivity contribution in [2.75, 3.05) is 19.5 Å². The number of ether oxygens (including phenoxy) is 2. The number of nitrogen functional groups attached to an aromatic ring is 1. The van der Waals surface area contributed by atoms with Gasteiger partial charge in [0.1, 0.15) is 11.9 Å². The highest BCUT2D eigenvalue weighted by molar-refractivity contribution is 5.96. The Bertz CT molecular complexity index is 852. The van der Waals surface area contributed by atoms with Crippen molar-refractivity contribution in [3.63, 3.8) is 0 Å². The predicted octanol–water partition coefficient (Wildman–Crippen LogP) is 2.03. The third-order valence-corrected chi connectivity index (χ3v) is 3.26. The molecule has 8 heteroatoms. The summed E-state index contributed by atoms with van der Waals surface area (Å²) < 4.78 is 24.8. The fraction of sp³-hybridized carbons (Fsp3) is 0.188. The highest BCUT2D eigenvalue weighted by Gasteiger charge is 2.24. The average molecular weight is 331 g/mol. The first kappa shape index (κ1) is 17.0. The van der Waals surface area contributed by atoms with Crippen LogP contribution in [0.1, 0.15) is 33.3 Å². The topological polar surface area (TPSA) is 107 Å². The zero-order chi connectivity index (χ0) is 17.9. The minimum absolute atomic E-state index is 0.0173. The number of aromatic nitrogens is 1. The number of anilines is 1. The van der Waals surface area contributed by atoms with Gasteiger partial charge in [0, 0.05) is 6.20 Å². The summed E-state index contributed by atoms with van der Waals surface area (Å²) in [5.41, 5.74) is 5.38. The summed E-state index contributed by atoms with van der Waals surface area (Å²) in [6.07, 6.45) is 1.20. The second kappa shape index (κ2) is 6.83. The maximum atomic E-state index is 14.2. The summed E-state index contributed by atoms with van der Waals surface area (Å²) in [5.74, 6) is -2.19. The van der Waals surface area contributed by atoms with Crippen molar-refractivity contribution in [1.82, 2.24) is 4.57 Å². The lowest BCUT2D eigenvalue weighted by Crippen LogP contribution is -2.13. The summed E-state index contributed by atoms with van der Waals surface area (Å²) in [5, 5.41) is 9.08. The van der Waals surface area contributed by atoms with E-state index < -0.39 is 17.8 Å². The third-order valence-electron chi connectivity index (χ3n) is 3.26. The lowest BCUT2D eigenvalue weighted by Gasteiger charge is -2.11. The second-order valence-electron chi connectivity index (χ2n) is 4.67. The zero-order valence-corrected chi connectivity index (χ0v) is 13.0. The first-order valence-electron chi connectivity index (χ1n) is 6.90. The van der Waals surface area contributed by atoms with Crippen LogP contribution in [0.2, 0.25) is 0 Å². The molecule has 1 aromatic carbocycles. The van der Waals surface area contributed by atoms with E-state index in [2.05, 4.69) is 4.74 Å². The number of carbonyl (C=O) groups is 2. The molecule has 0 saturated heterocycles. The van der Waals surface area contributed by atoms with Crippen molar-refractivity contribution in [2.24, 2.45) is 0 Å². The van der Waals surface area contributed by atoms with Crippen LogP contribution >= 0.6 is 0 Å². The molecular weight excluding hydrogens is 317 g/mol. The van der Waals surface area contributed by atoms with E-state index in [1.807, 2.05) is 6.07 Å². The van der Waals surface area contributed by atoms with Gasteiger partial charge in [-0.15, -0.1) is 0 Å². The number of carbonyl (C=O) groups excluding carboxylic acids is 2. The van der Waals surface area contributed by atoms with Gasteiger partial charge in [0.25, 0.3) is 0 Å². The molecule has 1 aromatic heterocycles. The first-order valence-corrected chi connectivity index (χ1v) is 6.90. The molecule has 2 aromatic rings. The zero-order valence-electron chi connectivity index (χ0n) is 13.0. The molecule has 1 heterocycles. The summed E-state index contributed by atoms with van der Waals surface area (Å²) in [7, 11) is 1.14. The molecule has 0 unspecified atom stereocenters. The Morgan fingerprint density at radius 3 is 2.67 bits per heavy atom.